The SMILES string of the molecule is C#CCCCCC(=O)OP(=O)(O)OP(=O)(O)OP(=O)(O)OCC1OC(n2cnc3c(N)ncnc32)C(O)C1O. The lowest BCUT2D eigenvalue weighted by atomic mass is 10.1. The van der Waals surface area contributed by atoms with Crippen LogP contribution in [-0.4, -0.2) is 75.3 Å². The Morgan fingerprint density at radius 2 is 1.77 bits per heavy atom. The van der Waals surface area contributed by atoms with E-state index in [1.54, 1.807) is 0 Å². The number of carbonyl (C=O) groups excluding carboxylic acids is 1. The summed E-state index contributed by atoms with van der Waals surface area (Å²) < 4.78 is 59.1. The van der Waals surface area contributed by atoms with E-state index in [0.717, 1.165) is 6.33 Å². The van der Waals surface area contributed by atoms with Crippen molar-refractivity contribution >= 4 is 46.4 Å². The topological polar surface area (TPSA) is 285 Å². The van der Waals surface area contributed by atoms with Crippen LogP contribution in [-0.2, 0) is 40.9 Å². The molecular weight excluding hydrogens is 591 g/mol. The lowest BCUT2D eigenvalue weighted by Crippen LogP contribution is -2.33. The number of unbranched alkanes of at least 4 members (excludes halogenated alkanes) is 2. The standard InChI is InChI=1S/C17H24N5O14P3/c1-2-3-4-5-6-11(23)34-38(28,29)36-39(30,31)35-37(26,27)32-7-10-13(24)14(25)17(33-10)22-9-21-12-15(18)19-8-20-16(12)22/h1,8-10,13-14,17,24-25H,3-7H2,(H,26,27)(H,28,29)(H,30,31)(H2,18,19,20). The van der Waals surface area contributed by atoms with Gasteiger partial charge in [0.15, 0.2) is 17.7 Å². The molecule has 2 aromatic rings. The van der Waals surface area contributed by atoms with E-state index in [1.807, 2.05) is 0 Å². The van der Waals surface area contributed by atoms with Gasteiger partial charge in [0, 0.05) is 12.8 Å². The van der Waals surface area contributed by atoms with Crippen molar-refractivity contribution < 1.29 is 65.8 Å². The van der Waals surface area contributed by atoms with E-state index in [4.69, 9.17) is 16.9 Å². The van der Waals surface area contributed by atoms with Gasteiger partial charge in [-0.2, -0.15) is 8.62 Å². The predicted octanol–water partition coefficient (Wildman–Crippen LogP) is 0.115. The maximum Gasteiger partial charge on any atom is 0.538 e. The van der Waals surface area contributed by atoms with Gasteiger partial charge >= 0.3 is 29.4 Å². The van der Waals surface area contributed by atoms with Gasteiger partial charge < -0.3 is 35.0 Å². The number of hydrogen-bond donors (Lipinski definition) is 6. The summed E-state index contributed by atoms with van der Waals surface area (Å²) in [4.78, 5) is 52.3. The van der Waals surface area contributed by atoms with E-state index in [0.29, 0.717) is 12.8 Å². The van der Waals surface area contributed by atoms with Crippen LogP contribution in [0.1, 0.15) is 31.9 Å². The number of phosphoric ester groups is 2. The maximum absolute atomic E-state index is 12.2. The van der Waals surface area contributed by atoms with E-state index in [2.05, 4.69) is 38.5 Å². The van der Waals surface area contributed by atoms with Gasteiger partial charge in [0.1, 0.15) is 30.2 Å². The molecule has 7 atom stereocenters. The summed E-state index contributed by atoms with van der Waals surface area (Å²) in [6.07, 6.45) is 1.75. The first-order valence-corrected chi connectivity index (χ1v) is 15.3. The van der Waals surface area contributed by atoms with Gasteiger partial charge in [-0.05, 0) is 12.8 Å². The van der Waals surface area contributed by atoms with Crippen molar-refractivity contribution in [2.75, 3.05) is 12.3 Å². The first-order chi connectivity index (χ1) is 18.1. The molecule has 7 unspecified atom stereocenters. The molecule has 22 heteroatoms. The van der Waals surface area contributed by atoms with Crippen LogP contribution in [0.5, 0.6) is 0 Å². The highest BCUT2D eigenvalue weighted by molar-refractivity contribution is 7.67. The Bertz CT molecular complexity index is 1380. The number of fused-ring (bicyclic) bond motifs is 1. The molecule has 7 N–H and O–H groups in total. The second-order valence-electron chi connectivity index (χ2n) is 7.87. The summed E-state index contributed by atoms with van der Waals surface area (Å²) in [6, 6.07) is 0. The van der Waals surface area contributed by atoms with E-state index in [9.17, 15) is 43.4 Å². The molecule has 0 radical (unpaired) electrons. The highest BCUT2D eigenvalue weighted by atomic mass is 31.3. The molecule has 0 aliphatic carbocycles. The van der Waals surface area contributed by atoms with Crippen molar-refractivity contribution in [2.24, 2.45) is 0 Å². The number of hydrogen-bond acceptors (Lipinski definition) is 15. The third-order valence-electron chi connectivity index (χ3n) is 4.98. The average molecular weight is 615 g/mol. The van der Waals surface area contributed by atoms with Gasteiger partial charge in [0.2, 0.25) is 0 Å². The van der Waals surface area contributed by atoms with Crippen molar-refractivity contribution in [3.63, 3.8) is 0 Å². The highest BCUT2D eigenvalue weighted by Crippen LogP contribution is 2.67. The number of aliphatic hydroxyl groups excluding tert-OH is 2. The van der Waals surface area contributed by atoms with Crippen LogP contribution in [0.2, 0.25) is 0 Å². The number of ether oxygens (including phenoxy) is 1. The fourth-order valence-electron chi connectivity index (χ4n) is 3.31. The molecule has 0 bridgehead atoms. The average Bonchev–Trinajstić information content (AvgIpc) is 3.35. The number of nitrogens with two attached hydrogens (primary N) is 1. The van der Waals surface area contributed by atoms with Crippen LogP contribution in [0.25, 0.3) is 11.2 Å². The fraction of sp³-hybridized carbons (Fsp3) is 0.529. The number of aliphatic hydroxyl groups is 2. The minimum absolute atomic E-state index is 0.0305. The number of imidazole rings is 1. The molecule has 0 spiro atoms. The number of aromatic nitrogens is 4. The van der Waals surface area contributed by atoms with Crippen LogP contribution < -0.4 is 5.73 Å². The zero-order valence-corrected chi connectivity index (χ0v) is 22.4. The Morgan fingerprint density at radius 1 is 1.08 bits per heavy atom. The summed E-state index contributed by atoms with van der Waals surface area (Å²) in [5.41, 5.74) is 6.01. The lowest BCUT2D eigenvalue weighted by Gasteiger charge is -2.20. The number of anilines is 1. The van der Waals surface area contributed by atoms with E-state index in [1.165, 1.54) is 10.9 Å². The molecule has 1 fully saturated rings. The molecule has 0 amide bonds. The summed E-state index contributed by atoms with van der Waals surface area (Å²) in [5.74, 6) is 1.07. The fourth-order valence-corrected chi connectivity index (χ4v) is 6.79. The molecule has 3 rings (SSSR count). The second-order valence-corrected chi connectivity index (χ2v) is 12.4. The highest BCUT2D eigenvalue weighted by Gasteiger charge is 2.47. The number of rotatable bonds is 13. The Labute approximate surface area is 219 Å². The van der Waals surface area contributed by atoms with Crippen LogP contribution in [0.15, 0.2) is 12.7 Å². The first kappa shape index (κ1) is 31.2. The zero-order valence-electron chi connectivity index (χ0n) is 19.7. The quantitative estimate of drug-likeness (QED) is 0.0990. The number of carbonyl (C=O) groups is 1. The molecule has 216 valence electrons. The molecule has 1 saturated heterocycles. The van der Waals surface area contributed by atoms with Crippen molar-refractivity contribution in [1.29, 1.82) is 0 Å². The molecule has 0 aromatic carbocycles. The van der Waals surface area contributed by atoms with Crippen LogP contribution in [0, 0.1) is 12.3 Å². The number of phosphoric acid groups is 3. The largest absolute Gasteiger partial charge is 0.538 e. The van der Waals surface area contributed by atoms with Gasteiger partial charge in [0.25, 0.3) is 0 Å². The molecule has 39 heavy (non-hydrogen) atoms. The molecule has 1 aliphatic heterocycles. The molecule has 0 saturated carbocycles. The molecule has 1 aliphatic rings. The summed E-state index contributed by atoms with van der Waals surface area (Å²) in [7, 11) is -17.0. The molecular formula is C17H24N5O14P3. The van der Waals surface area contributed by atoms with Crippen molar-refractivity contribution in [3.8, 4) is 12.3 Å². The smallest absolute Gasteiger partial charge is 0.387 e. The molecule has 2 aromatic heterocycles. The van der Waals surface area contributed by atoms with Gasteiger partial charge in [-0.1, -0.05) is 0 Å². The van der Waals surface area contributed by atoms with Gasteiger partial charge in [0.05, 0.1) is 12.9 Å². The van der Waals surface area contributed by atoms with Gasteiger partial charge in [-0.25, -0.2) is 28.6 Å². The van der Waals surface area contributed by atoms with Gasteiger partial charge in [-0.15, -0.1) is 12.3 Å². The lowest BCUT2D eigenvalue weighted by molar-refractivity contribution is -0.135. The first-order valence-electron chi connectivity index (χ1n) is 10.8. The zero-order chi connectivity index (χ0) is 29.0. The third-order valence-corrected chi connectivity index (χ3v) is 9.19. The number of nitrogens with zero attached hydrogens (tertiary/aromatic N) is 4. The van der Waals surface area contributed by atoms with E-state index < -0.39 is 60.6 Å². The Morgan fingerprint density at radius 3 is 2.46 bits per heavy atom. The minimum atomic E-state index is -5.85. The number of nitrogen functional groups attached to an aromatic ring is 1. The Hall–Kier alpha value is -2.29. The van der Waals surface area contributed by atoms with Gasteiger partial charge in [-0.3, -0.25) is 18.8 Å². The third kappa shape index (κ3) is 8.35. The van der Waals surface area contributed by atoms with Crippen molar-refractivity contribution in [1.82, 2.24) is 19.5 Å². The van der Waals surface area contributed by atoms with E-state index >= 15 is 0 Å². The Balaban J connectivity index is 1.57. The molecule has 3 heterocycles. The predicted molar refractivity (Wildman–Crippen MR) is 127 cm³/mol. The van der Waals surface area contributed by atoms with Crippen LogP contribution in [0.4, 0.5) is 5.82 Å². The van der Waals surface area contributed by atoms with Crippen molar-refractivity contribution in [2.45, 2.75) is 50.2 Å². The summed E-state index contributed by atoms with van der Waals surface area (Å²) >= 11 is 0. The molecule has 19 nitrogen and oxygen atoms in total. The van der Waals surface area contributed by atoms with E-state index in [-0.39, 0.29) is 29.8 Å². The monoisotopic (exact) mass is 615 g/mol. The number of terminal acetylenes is 1. The minimum Gasteiger partial charge on any atom is -0.387 e. The van der Waals surface area contributed by atoms with Crippen molar-refractivity contribution in [3.05, 3.63) is 12.7 Å². The Kier molecular flexibility index (Phi) is 10.00. The summed E-state index contributed by atoms with van der Waals surface area (Å²) in [6.45, 7) is -0.990. The van der Waals surface area contributed by atoms with Crippen LogP contribution >= 0.6 is 23.5 Å². The second kappa shape index (κ2) is 12.5. The normalized spacial score (nSPS) is 25.8. The summed E-state index contributed by atoms with van der Waals surface area (Å²) in [5, 5.41) is 20.7. The maximum atomic E-state index is 12.2. The van der Waals surface area contributed by atoms with Crippen LogP contribution in [0.3, 0.4) is 0 Å².